The maximum absolute atomic E-state index is 12.6. The highest BCUT2D eigenvalue weighted by molar-refractivity contribution is 8.15. The number of halogens is 3. The Kier molecular flexibility index (Phi) is 6.66. The summed E-state index contributed by atoms with van der Waals surface area (Å²) in [5, 5.41) is 8.97. The predicted octanol–water partition coefficient (Wildman–Crippen LogP) is 5.95. The van der Waals surface area contributed by atoms with Gasteiger partial charge in [-0.25, -0.2) is 15.0 Å². The Balaban J connectivity index is 1.26. The van der Waals surface area contributed by atoms with Crippen molar-refractivity contribution in [3.63, 3.8) is 0 Å². The van der Waals surface area contributed by atoms with Gasteiger partial charge in [-0.2, -0.15) is 5.10 Å². The molecule has 0 aliphatic carbocycles. The van der Waals surface area contributed by atoms with Crippen molar-refractivity contribution < 1.29 is 22.7 Å². The number of amides is 1. The van der Waals surface area contributed by atoms with E-state index >= 15 is 0 Å². The number of ether oxygens (including phenoxy) is 1. The van der Waals surface area contributed by atoms with E-state index in [1.54, 1.807) is 28.1 Å². The number of aromatic nitrogens is 4. The molecule has 0 unspecified atom stereocenters. The number of thioether (sulfide) groups is 1. The fourth-order valence-corrected chi connectivity index (χ4v) is 5.41. The molecule has 1 fully saturated rings. The summed E-state index contributed by atoms with van der Waals surface area (Å²) in [6.45, 7) is 3.90. The van der Waals surface area contributed by atoms with Crippen LogP contribution in [0.2, 0.25) is 0 Å². The monoisotopic (exact) mass is 575 g/mol. The molecule has 1 amide bonds. The van der Waals surface area contributed by atoms with Crippen molar-refractivity contribution in [1.29, 1.82) is 0 Å². The highest BCUT2D eigenvalue weighted by Gasteiger charge is 2.32. The molecule has 3 aromatic carbocycles. The van der Waals surface area contributed by atoms with Gasteiger partial charge in [0, 0.05) is 5.69 Å². The lowest BCUT2D eigenvalue weighted by Crippen LogP contribution is -2.30. The Hall–Kier alpha value is -4.78. The summed E-state index contributed by atoms with van der Waals surface area (Å²) < 4.78 is 43.1. The van der Waals surface area contributed by atoms with Crippen LogP contribution in [0.1, 0.15) is 16.8 Å². The fraction of sp³-hybridized carbons (Fsp3) is 0.143. The van der Waals surface area contributed by atoms with Gasteiger partial charge in [-0.15, -0.1) is 18.3 Å². The van der Waals surface area contributed by atoms with Gasteiger partial charge in [-0.1, -0.05) is 30.0 Å². The van der Waals surface area contributed by atoms with Crippen LogP contribution in [0.15, 0.2) is 77.3 Å². The maximum atomic E-state index is 12.6. The number of para-hydroxylation sites is 1. The second-order valence-corrected chi connectivity index (χ2v) is 10.1. The van der Waals surface area contributed by atoms with Crippen LogP contribution in [0.5, 0.6) is 5.75 Å². The zero-order chi connectivity index (χ0) is 28.7. The van der Waals surface area contributed by atoms with Crippen LogP contribution in [0, 0.1) is 13.8 Å². The van der Waals surface area contributed by atoms with Gasteiger partial charge < -0.3 is 4.74 Å². The smallest absolute Gasteiger partial charge is 0.406 e. The van der Waals surface area contributed by atoms with E-state index in [-0.39, 0.29) is 17.4 Å². The number of imidazole rings is 1. The summed E-state index contributed by atoms with van der Waals surface area (Å²) >= 11 is 1.32. The molecule has 0 saturated carbocycles. The number of hydrogen-bond donors (Lipinski definition) is 0. The van der Waals surface area contributed by atoms with Gasteiger partial charge in [-0.3, -0.25) is 14.3 Å². The van der Waals surface area contributed by atoms with E-state index in [1.165, 1.54) is 42.2 Å². The van der Waals surface area contributed by atoms with Gasteiger partial charge in [0.05, 0.1) is 34.9 Å². The number of fused-ring (bicyclic) bond motifs is 3. The molecule has 1 aliphatic rings. The third kappa shape index (κ3) is 5.23. The highest BCUT2D eigenvalue weighted by Crippen LogP contribution is 2.32. The number of benzene rings is 3. The first kappa shape index (κ1) is 26.4. The Morgan fingerprint density at radius 3 is 2.49 bits per heavy atom. The minimum absolute atomic E-state index is 0.0547. The van der Waals surface area contributed by atoms with Gasteiger partial charge in [0.25, 0.3) is 0 Å². The molecular weight excluding hydrogens is 555 g/mol. The Morgan fingerprint density at radius 1 is 1.00 bits per heavy atom. The lowest BCUT2D eigenvalue weighted by Gasteiger charge is -2.20. The van der Waals surface area contributed by atoms with Crippen LogP contribution in [-0.4, -0.2) is 48.9 Å². The Morgan fingerprint density at radius 2 is 1.76 bits per heavy atom. The van der Waals surface area contributed by atoms with Gasteiger partial charge in [0.15, 0.2) is 5.17 Å². The molecule has 0 atom stereocenters. The first-order valence-corrected chi connectivity index (χ1v) is 13.3. The van der Waals surface area contributed by atoms with Crippen LogP contribution >= 0.6 is 11.8 Å². The normalized spacial score (nSPS) is 15.2. The zero-order valence-electron chi connectivity index (χ0n) is 21.6. The van der Waals surface area contributed by atoms with E-state index < -0.39 is 6.36 Å². The van der Waals surface area contributed by atoms with Crippen molar-refractivity contribution >= 4 is 56.8 Å². The first-order valence-electron chi connectivity index (χ1n) is 12.3. The summed E-state index contributed by atoms with van der Waals surface area (Å²) in [5.74, 6) is -0.0789. The van der Waals surface area contributed by atoms with Crippen molar-refractivity contribution in [2.75, 3.05) is 10.7 Å². The molecule has 0 N–H and O–H groups in total. The molecule has 1 saturated heterocycles. The second-order valence-electron chi connectivity index (χ2n) is 9.14. The predicted molar refractivity (Wildman–Crippen MR) is 152 cm³/mol. The molecule has 206 valence electrons. The van der Waals surface area contributed by atoms with Crippen molar-refractivity contribution in [2.45, 2.75) is 20.2 Å². The summed E-state index contributed by atoms with van der Waals surface area (Å²) in [7, 11) is 0. The Bertz CT molecular complexity index is 1850. The molecule has 5 aromatic rings. The molecule has 41 heavy (non-hydrogen) atoms. The van der Waals surface area contributed by atoms with Crippen molar-refractivity contribution in [3.8, 4) is 11.4 Å². The first-order chi connectivity index (χ1) is 19.7. The van der Waals surface area contributed by atoms with Gasteiger partial charge >= 0.3 is 6.36 Å². The number of amidine groups is 1. The van der Waals surface area contributed by atoms with E-state index in [0.29, 0.717) is 38.6 Å². The summed E-state index contributed by atoms with van der Waals surface area (Å²) in [6, 6.07) is 14.9. The fourth-order valence-electron chi connectivity index (χ4n) is 4.60. The van der Waals surface area contributed by atoms with Gasteiger partial charge in [0.2, 0.25) is 5.91 Å². The van der Waals surface area contributed by atoms with E-state index in [4.69, 9.17) is 0 Å². The van der Waals surface area contributed by atoms with Crippen molar-refractivity contribution in [2.24, 2.45) is 10.2 Å². The standard InChI is InChI=1S/C28H20F3N7O2S/c1-16-4-3-5-17(2)26(16)38-23(39)14-41-27(38)36-34-13-18-12-32-24-21(35-18)10-11-22-25(24)33-15-37(22)19-6-8-20(9-7-19)40-28(29,30)31/h3-13,15H,14H2,1-2H3/b34-13-,36-27-. The number of anilines is 1. The summed E-state index contributed by atoms with van der Waals surface area (Å²) in [5.41, 5.74) is 6.26. The number of nitrogens with zero attached hydrogens (tertiary/aromatic N) is 7. The molecule has 2 aromatic heterocycles. The van der Waals surface area contributed by atoms with E-state index in [2.05, 4.69) is 29.9 Å². The average molecular weight is 576 g/mol. The molecule has 13 heteroatoms. The van der Waals surface area contributed by atoms with Crippen LogP contribution in [0.4, 0.5) is 18.9 Å². The number of rotatable bonds is 5. The third-order valence-electron chi connectivity index (χ3n) is 6.36. The quantitative estimate of drug-likeness (QED) is 0.190. The number of hydrogen-bond acceptors (Lipinski definition) is 8. The van der Waals surface area contributed by atoms with Crippen LogP contribution in [0.3, 0.4) is 0 Å². The second kappa shape index (κ2) is 10.3. The minimum Gasteiger partial charge on any atom is -0.406 e. The molecule has 1 aliphatic heterocycles. The largest absolute Gasteiger partial charge is 0.573 e. The minimum atomic E-state index is -4.76. The van der Waals surface area contributed by atoms with Crippen LogP contribution in [0.25, 0.3) is 27.8 Å². The summed E-state index contributed by atoms with van der Waals surface area (Å²) in [6.07, 6.45) is -0.172. The lowest BCUT2D eigenvalue weighted by atomic mass is 10.1. The van der Waals surface area contributed by atoms with Crippen molar-refractivity contribution in [3.05, 3.63) is 83.9 Å². The number of carbonyl (C=O) groups is 1. The zero-order valence-corrected chi connectivity index (χ0v) is 22.4. The van der Waals surface area contributed by atoms with Gasteiger partial charge in [-0.05, 0) is 61.4 Å². The Labute approximate surface area is 235 Å². The molecule has 6 rings (SSSR count). The van der Waals surface area contributed by atoms with Crippen LogP contribution in [-0.2, 0) is 4.79 Å². The lowest BCUT2D eigenvalue weighted by molar-refractivity contribution is -0.274. The van der Waals surface area contributed by atoms with Gasteiger partial charge in [0.1, 0.15) is 28.8 Å². The topological polar surface area (TPSA) is 97.9 Å². The van der Waals surface area contributed by atoms with Crippen LogP contribution < -0.4 is 9.64 Å². The third-order valence-corrected chi connectivity index (χ3v) is 7.27. The van der Waals surface area contributed by atoms with E-state index in [9.17, 15) is 18.0 Å². The molecule has 0 bridgehead atoms. The highest BCUT2D eigenvalue weighted by atomic mass is 32.2. The molecule has 3 heterocycles. The molecule has 9 nitrogen and oxygen atoms in total. The molecule has 0 spiro atoms. The molecule has 0 radical (unpaired) electrons. The number of aryl methyl sites for hydroxylation is 2. The van der Waals surface area contributed by atoms with Crippen molar-refractivity contribution in [1.82, 2.24) is 19.5 Å². The maximum Gasteiger partial charge on any atom is 0.573 e. The average Bonchev–Trinajstić information content (AvgIpc) is 3.52. The van der Waals surface area contributed by atoms with E-state index in [0.717, 1.165) is 16.8 Å². The number of alkyl halides is 3. The molecular formula is C28H20F3N7O2S. The van der Waals surface area contributed by atoms with E-state index in [1.807, 2.05) is 38.1 Å². The number of carbonyl (C=O) groups excluding carboxylic acids is 1. The SMILES string of the molecule is Cc1cccc(C)c1N1C(=O)CS/C1=N\N=C/c1cnc2c(ccc3c2ncn3-c2ccc(OC(F)(F)F)cc2)n1. The summed E-state index contributed by atoms with van der Waals surface area (Å²) in [4.78, 5) is 27.8.